The van der Waals surface area contributed by atoms with E-state index >= 15 is 0 Å². The van der Waals surface area contributed by atoms with Crippen LogP contribution in [0.4, 0.5) is 0 Å². The van der Waals surface area contributed by atoms with Crippen LogP contribution in [0.3, 0.4) is 0 Å². The molecule has 1 aromatic carbocycles. The van der Waals surface area contributed by atoms with Crippen LogP contribution in [0, 0.1) is 0 Å². The summed E-state index contributed by atoms with van der Waals surface area (Å²) in [7, 11) is 0. The summed E-state index contributed by atoms with van der Waals surface area (Å²) in [4.78, 5) is 20.7. The van der Waals surface area contributed by atoms with Crippen LogP contribution in [-0.4, -0.2) is 22.2 Å². The van der Waals surface area contributed by atoms with Gasteiger partial charge in [-0.3, -0.25) is 0 Å². The number of hydrogen-bond donors (Lipinski definition) is 2. The largest absolute Gasteiger partial charge is 0.478 e. The van der Waals surface area contributed by atoms with Gasteiger partial charge < -0.3 is 10.2 Å². The lowest BCUT2D eigenvalue weighted by Gasteiger charge is -2.14. The van der Waals surface area contributed by atoms with Crippen molar-refractivity contribution in [1.82, 2.24) is 0 Å². The second-order valence-corrected chi connectivity index (χ2v) is 4.60. The molecule has 1 aromatic rings. The molecule has 0 aliphatic heterocycles. The molecule has 1 aliphatic carbocycles. The van der Waals surface area contributed by atoms with E-state index in [1.807, 2.05) is 0 Å². The Hall–Kier alpha value is -2.36. The van der Waals surface area contributed by atoms with Crippen molar-refractivity contribution in [3.8, 4) is 0 Å². The molecule has 20 heavy (non-hydrogen) atoms. The molecule has 0 atom stereocenters. The van der Waals surface area contributed by atoms with Crippen molar-refractivity contribution in [1.29, 1.82) is 0 Å². The first-order valence-electron chi connectivity index (χ1n) is 6.34. The zero-order chi connectivity index (χ0) is 15.1. The zero-order valence-corrected chi connectivity index (χ0v) is 11.3. The van der Waals surface area contributed by atoms with Crippen molar-refractivity contribution in [3.05, 3.63) is 59.7 Å². The van der Waals surface area contributed by atoms with Gasteiger partial charge in [0.1, 0.15) is 0 Å². The van der Waals surface area contributed by atoms with E-state index in [4.69, 9.17) is 10.2 Å². The van der Waals surface area contributed by atoms with Crippen molar-refractivity contribution < 1.29 is 19.8 Å². The average Bonchev–Trinajstić information content (AvgIpc) is 2.43. The van der Waals surface area contributed by atoms with Gasteiger partial charge in [0.05, 0.1) is 11.1 Å². The van der Waals surface area contributed by atoms with Crippen molar-refractivity contribution in [2.24, 2.45) is 0 Å². The molecule has 0 amide bonds. The first-order valence-corrected chi connectivity index (χ1v) is 6.34. The van der Waals surface area contributed by atoms with E-state index in [9.17, 15) is 9.59 Å². The monoisotopic (exact) mass is 274 g/mol. The Morgan fingerprint density at radius 1 is 0.800 bits per heavy atom. The first-order chi connectivity index (χ1) is 9.41. The molecular formula is C16H18O4. The number of carboxylic acids is 2. The SMILES string of the molecule is C=C1CCCCC1=C.O=C(O)c1ccc(C(=O)O)cc1. The van der Waals surface area contributed by atoms with Gasteiger partial charge in [-0.2, -0.15) is 0 Å². The van der Waals surface area contributed by atoms with Gasteiger partial charge in [-0.1, -0.05) is 24.3 Å². The summed E-state index contributed by atoms with van der Waals surface area (Å²) in [6.45, 7) is 7.79. The molecule has 0 saturated heterocycles. The quantitative estimate of drug-likeness (QED) is 0.861. The number of hydrogen-bond acceptors (Lipinski definition) is 2. The van der Waals surface area contributed by atoms with Gasteiger partial charge in [0.15, 0.2) is 0 Å². The van der Waals surface area contributed by atoms with E-state index in [2.05, 4.69) is 13.2 Å². The third kappa shape index (κ3) is 4.72. The first kappa shape index (κ1) is 15.7. The molecule has 1 fully saturated rings. The van der Waals surface area contributed by atoms with E-state index in [-0.39, 0.29) is 11.1 Å². The van der Waals surface area contributed by atoms with Gasteiger partial charge >= 0.3 is 11.9 Å². The minimum atomic E-state index is -1.06. The maximum Gasteiger partial charge on any atom is 0.335 e. The predicted molar refractivity (Wildman–Crippen MR) is 77.1 cm³/mol. The van der Waals surface area contributed by atoms with Crippen LogP contribution in [0.5, 0.6) is 0 Å². The van der Waals surface area contributed by atoms with Crippen LogP contribution in [0.1, 0.15) is 46.4 Å². The molecule has 0 heterocycles. The smallest absolute Gasteiger partial charge is 0.335 e. The maximum atomic E-state index is 10.3. The van der Waals surface area contributed by atoms with E-state index in [1.165, 1.54) is 61.1 Å². The van der Waals surface area contributed by atoms with Crippen LogP contribution < -0.4 is 0 Å². The second-order valence-electron chi connectivity index (χ2n) is 4.60. The number of allylic oxidation sites excluding steroid dienone is 2. The molecule has 0 radical (unpaired) electrons. The lowest BCUT2D eigenvalue weighted by Crippen LogP contribution is -1.99. The molecule has 1 aliphatic rings. The van der Waals surface area contributed by atoms with Crippen LogP contribution in [0.25, 0.3) is 0 Å². The molecule has 1 saturated carbocycles. The normalized spacial score (nSPS) is 14.2. The van der Waals surface area contributed by atoms with Gasteiger partial charge in [0, 0.05) is 0 Å². The topological polar surface area (TPSA) is 74.6 Å². The average molecular weight is 274 g/mol. The van der Waals surface area contributed by atoms with Crippen molar-refractivity contribution >= 4 is 11.9 Å². The fourth-order valence-corrected chi connectivity index (χ4v) is 1.79. The highest BCUT2D eigenvalue weighted by atomic mass is 16.4. The third-order valence-corrected chi connectivity index (χ3v) is 3.09. The summed E-state index contributed by atoms with van der Waals surface area (Å²) in [5.74, 6) is -2.13. The Morgan fingerprint density at radius 3 is 1.30 bits per heavy atom. The van der Waals surface area contributed by atoms with Crippen LogP contribution in [0.15, 0.2) is 48.6 Å². The van der Waals surface area contributed by atoms with E-state index in [0.29, 0.717) is 0 Å². The summed E-state index contributed by atoms with van der Waals surface area (Å²) in [6, 6.07) is 5.02. The Labute approximate surface area is 118 Å². The fourth-order valence-electron chi connectivity index (χ4n) is 1.79. The van der Waals surface area contributed by atoms with E-state index in [0.717, 1.165) is 0 Å². The van der Waals surface area contributed by atoms with Crippen LogP contribution in [-0.2, 0) is 0 Å². The number of carbonyl (C=O) groups is 2. The molecular weight excluding hydrogens is 256 g/mol. The highest BCUT2D eigenvalue weighted by molar-refractivity contribution is 5.91. The Balaban J connectivity index is 0.000000217. The van der Waals surface area contributed by atoms with Gasteiger partial charge in [0.2, 0.25) is 0 Å². The summed E-state index contributed by atoms with van der Waals surface area (Å²) >= 11 is 0. The number of rotatable bonds is 2. The van der Waals surface area contributed by atoms with Crippen molar-refractivity contribution in [2.45, 2.75) is 25.7 Å². The predicted octanol–water partition coefficient (Wildman–Crippen LogP) is 3.76. The Bertz CT molecular complexity index is 477. The van der Waals surface area contributed by atoms with Crippen LogP contribution in [0.2, 0.25) is 0 Å². The number of aromatic carboxylic acids is 2. The minimum absolute atomic E-state index is 0.0833. The van der Waals surface area contributed by atoms with E-state index < -0.39 is 11.9 Å². The van der Waals surface area contributed by atoms with Crippen LogP contribution >= 0.6 is 0 Å². The molecule has 2 rings (SSSR count). The second kappa shape index (κ2) is 7.28. The van der Waals surface area contributed by atoms with Crippen molar-refractivity contribution in [2.75, 3.05) is 0 Å². The third-order valence-electron chi connectivity index (χ3n) is 3.09. The van der Waals surface area contributed by atoms with Gasteiger partial charge in [-0.15, -0.1) is 0 Å². The highest BCUT2D eigenvalue weighted by Gasteiger charge is 2.05. The minimum Gasteiger partial charge on any atom is -0.478 e. The summed E-state index contributed by atoms with van der Waals surface area (Å²) in [6.07, 6.45) is 4.99. The number of carboxylic acid groups (broad SMARTS) is 2. The lowest BCUT2D eigenvalue weighted by atomic mass is 9.92. The highest BCUT2D eigenvalue weighted by Crippen LogP contribution is 2.24. The fraction of sp³-hybridized carbons (Fsp3) is 0.250. The van der Waals surface area contributed by atoms with Gasteiger partial charge in [-0.05, 0) is 49.9 Å². The molecule has 0 bridgehead atoms. The lowest BCUT2D eigenvalue weighted by molar-refractivity contribution is 0.0681. The summed E-state index contributed by atoms with van der Waals surface area (Å²) < 4.78 is 0. The van der Waals surface area contributed by atoms with E-state index in [1.54, 1.807) is 0 Å². The molecule has 106 valence electrons. The van der Waals surface area contributed by atoms with Crippen molar-refractivity contribution in [3.63, 3.8) is 0 Å². The summed E-state index contributed by atoms with van der Waals surface area (Å²) in [5, 5.41) is 16.9. The Morgan fingerprint density at radius 2 is 1.10 bits per heavy atom. The molecule has 4 nitrogen and oxygen atoms in total. The molecule has 0 aromatic heterocycles. The molecule has 2 N–H and O–H groups in total. The molecule has 4 heteroatoms. The molecule has 0 unspecified atom stereocenters. The van der Waals surface area contributed by atoms with Gasteiger partial charge in [0.25, 0.3) is 0 Å². The summed E-state index contributed by atoms with van der Waals surface area (Å²) in [5.41, 5.74) is 2.72. The maximum absolute atomic E-state index is 10.3. The van der Waals surface area contributed by atoms with Gasteiger partial charge in [-0.25, -0.2) is 9.59 Å². The Kier molecular flexibility index (Phi) is 5.72. The zero-order valence-electron chi connectivity index (χ0n) is 11.3. The number of benzene rings is 1. The standard InChI is InChI=1S/C8H6O4.C8H12/c9-7(10)5-1-2-6(4-3-5)8(11)12;1-7-5-3-4-6-8(7)2/h1-4H,(H,9,10)(H,11,12);1-6H2. The molecule has 0 spiro atoms.